The molecule has 224 valence electrons. The number of halogens is 3. The summed E-state index contributed by atoms with van der Waals surface area (Å²) >= 11 is 3.24. The summed E-state index contributed by atoms with van der Waals surface area (Å²) in [4.78, 5) is 15.2. The van der Waals surface area contributed by atoms with Gasteiger partial charge in [-0.3, -0.25) is 4.79 Å². The number of piperidine rings is 1. The molecule has 6 rings (SSSR count). The van der Waals surface area contributed by atoms with Crippen molar-refractivity contribution in [3.05, 3.63) is 70.7 Å². The molecule has 7 nitrogen and oxygen atoms in total. The van der Waals surface area contributed by atoms with Gasteiger partial charge in [-0.15, -0.1) is 0 Å². The van der Waals surface area contributed by atoms with E-state index in [-0.39, 0.29) is 29.1 Å². The maximum Gasteiger partial charge on any atom is 0.298 e. The summed E-state index contributed by atoms with van der Waals surface area (Å²) in [5.41, 5.74) is 5.69. The third-order valence-corrected chi connectivity index (χ3v) is 10.8. The largest absolute Gasteiger partial charge is 0.490 e. The summed E-state index contributed by atoms with van der Waals surface area (Å²) in [6.07, 6.45) is 6.81. The van der Waals surface area contributed by atoms with Crippen LogP contribution in [-0.4, -0.2) is 49.5 Å². The maximum absolute atomic E-state index is 16.2. The molecular formula is C31H34BrF2N3O4S. The van der Waals surface area contributed by atoms with E-state index in [1.54, 1.807) is 18.2 Å². The van der Waals surface area contributed by atoms with E-state index in [2.05, 4.69) is 20.7 Å². The zero-order chi connectivity index (χ0) is 29.6. The van der Waals surface area contributed by atoms with Crippen molar-refractivity contribution in [3.8, 4) is 5.75 Å². The minimum absolute atomic E-state index is 0.115. The molecule has 2 aliphatic heterocycles. The van der Waals surface area contributed by atoms with E-state index in [9.17, 15) is 13.2 Å². The lowest BCUT2D eigenvalue weighted by molar-refractivity contribution is -0.149. The average molecular weight is 663 g/mol. The first kappa shape index (κ1) is 29.5. The van der Waals surface area contributed by atoms with E-state index in [4.69, 9.17) is 10.5 Å². The van der Waals surface area contributed by atoms with Crippen LogP contribution in [0.2, 0.25) is 0 Å². The molecule has 0 radical (unpaired) electrons. The van der Waals surface area contributed by atoms with Gasteiger partial charge in [-0.05, 0) is 98.5 Å². The highest BCUT2D eigenvalue weighted by atomic mass is 79.9. The lowest BCUT2D eigenvalue weighted by atomic mass is 9.95. The molecule has 3 aromatic rings. The average Bonchev–Trinajstić information content (AvgIpc) is 3.56. The molecule has 0 spiro atoms. The Balaban J connectivity index is 1.31. The van der Waals surface area contributed by atoms with Crippen molar-refractivity contribution >= 4 is 42.6 Å². The van der Waals surface area contributed by atoms with E-state index >= 15 is 8.78 Å². The number of amides is 1. The topological polar surface area (TPSA) is 102 Å². The van der Waals surface area contributed by atoms with Crippen molar-refractivity contribution in [2.45, 2.75) is 92.5 Å². The second-order valence-corrected chi connectivity index (χ2v) is 14.4. The van der Waals surface area contributed by atoms with Crippen LogP contribution in [0.15, 0.2) is 70.0 Å². The molecule has 3 unspecified atom stereocenters. The van der Waals surface area contributed by atoms with Crippen molar-refractivity contribution in [2.75, 3.05) is 0 Å². The molecule has 3 N–H and O–H groups in total. The first-order valence-electron chi connectivity index (χ1n) is 14.5. The number of fused-ring (bicyclic) bond motifs is 3. The number of nitrogens with one attached hydrogen (secondary N) is 1. The molecule has 2 heterocycles. The molecule has 0 aromatic heterocycles. The van der Waals surface area contributed by atoms with Crippen LogP contribution in [0, 0.1) is 0 Å². The fourth-order valence-corrected chi connectivity index (χ4v) is 8.20. The van der Waals surface area contributed by atoms with Gasteiger partial charge in [0.1, 0.15) is 5.75 Å². The van der Waals surface area contributed by atoms with E-state index in [1.807, 2.05) is 6.07 Å². The summed E-state index contributed by atoms with van der Waals surface area (Å²) in [5, 5.41) is 1.38. The first-order chi connectivity index (χ1) is 20.0. The van der Waals surface area contributed by atoms with Crippen LogP contribution < -0.4 is 15.2 Å². The summed E-state index contributed by atoms with van der Waals surface area (Å²) in [5.74, 6) is -4.05. The Hall–Kier alpha value is -2.60. The lowest BCUT2D eigenvalue weighted by Crippen LogP contribution is -2.60. The number of carbonyl (C=O) groups is 1. The fraction of sp³-hybridized carbons (Fsp3) is 0.452. The molecule has 1 amide bonds. The molecule has 11 heteroatoms. The number of benzene rings is 3. The van der Waals surface area contributed by atoms with Crippen molar-refractivity contribution in [2.24, 2.45) is 5.73 Å². The normalized spacial score (nSPS) is 23.8. The van der Waals surface area contributed by atoms with Gasteiger partial charge < -0.3 is 15.4 Å². The van der Waals surface area contributed by atoms with Crippen LogP contribution in [0.5, 0.6) is 5.75 Å². The quantitative estimate of drug-likeness (QED) is 0.316. The van der Waals surface area contributed by atoms with E-state index in [1.165, 1.54) is 41.3 Å². The van der Waals surface area contributed by atoms with Crippen LogP contribution in [0.1, 0.15) is 56.9 Å². The summed E-state index contributed by atoms with van der Waals surface area (Å²) in [6, 6.07) is 12.1. The highest BCUT2D eigenvalue weighted by Crippen LogP contribution is 2.40. The molecule has 2 saturated heterocycles. The Morgan fingerprint density at radius 3 is 2.24 bits per heavy atom. The number of carbonyl (C=O) groups excluding carboxylic acids is 1. The highest BCUT2D eigenvalue weighted by molar-refractivity contribution is 9.10. The van der Waals surface area contributed by atoms with Crippen molar-refractivity contribution < 1.29 is 26.7 Å². The Kier molecular flexibility index (Phi) is 8.06. The van der Waals surface area contributed by atoms with Crippen LogP contribution in [0.4, 0.5) is 8.78 Å². The number of alkyl halides is 2. The number of nitrogens with zero attached hydrogens (tertiary/aromatic N) is 1. The van der Waals surface area contributed by atoms with Gasteiger partial charge in [-0.2, -0.15) is 13.5 Å². The third-order valence-electron chi connectivity index (χ3n) is 8.83. The number of nitrogens with two attached hydrogens (primary N) is 1. The van der Waals surface area contributed by atoms with Gasteiger partial charge in [0.15, 0.2) is 6.04 Å². The minimum atomic E-state index is -4.53. The van der Waals surface area contributed by atoms with Crippen molar-refractivity contribution in [3.63, 3.8) is 0 Å². The van der Waals surface area contributed by atoms with Gasteiger partial charge in [-0.25, -0.2) is 8.42 Å². The van der Waals surface area contributed by atoms with Gasteiger partial charge in [0.05, 0.1) is 11.0 Å². The Labute approximate surface area is 253 Å². The molecule has 2 bridgehead atoms. The standard InChI is InChI=1S/C31H34BrF2N3O4S/c32-22-9-7-21(8-10-22)31(33,34)29(30(38)37-24-11-12-25(37)18-23(35)17-24)36-42(39,40)28-14-6-19-15-27(13-5-20(19)16-28)41-26-3-1-2-4-26/h5-10,13-16,23-26,29,36H,1-4,11-12,17-18,35H2. The zero-order valence-corrected chi connectivity index (χ0v) is 25.4. The van der Waals surface area contributed by atoms with Gasteiger partial charge in [0.2, 0.25) is 15.9 Å². The highest BCUT2D eigenvalue weighted by Gasteiger charge is 2.53. The lowest BCUT2D eigenvalue weighted by Gasteiger charge is -2.41. The number of sulfonamides is 1. The fourth-order valence-electron chi connectivity index (χ4n) is 6.71. The van der Waals surface area contributed by atoms with Crippen LogP contribution in [-0.2, 0) is 20.7 Å². The van der Waals surface area contributed by atoms with Crippen molar-refractivity contribution in [1.82, 2.24) is 9.62 Å². The summed E-state index contributed by atoms with van der Waals surface area (Å²) in [6.45, 7) is 0. The van der Waals surface area contributed by atoms with Crippen LogP contribution in [0.3, 0.4) is 0 Å². The number of rotatable bonds is 8. The van der Waals surface area contributed by atoms with Crippen molar-refractivity contribution in [1.29, 1.82) is 0 Å². The van der Waals surface area contributed by atoms with Gasteiger partial charge in [0.25, 0.3) is 5.92 Å². The Bertz CT molecular complexity index is 1570. The number of ether oxygens (including phenoxy) is 1. The Morgan fingerprint density at radius 2 is 1.57 bits per heavy atom. The smallest absolute Gasteiger partial charge is 0.298 e. The zero-order valence-electron chi connectivity index (χ0n) is 23.0. The molecule has 3 aliphatic rings. The number of hydrogen-bond donors (Lipinski definition) is 2. The third kappa shape index (κ3) is 5.80. The SMILES string of the molecule is NC1CC2CCC(C1)N2C(=O)C(NS(=O)(=O)c1ccc2cc(OC3CCCC3)ccc2c1)C(F)(F)c1ccc(Br)cc1. The monoisotopic (exact) mass is 661 g/mol. The van der Waals surface area contributed by atoms with E-state index < -0.39 is 33.5 Å². The molecule has 42 heavy (non-hydrogen) atoms. The molecule has 3 fully saturated rings. The molecular weight excluding hydrogens is 628 g/mol. The molecule has 1 saturated carbocycles. The predicted molar refractivity (Wildman–Crippen MR) is 160 cm³/mol. The molecule has 3 aromatic carbocycles. The van der Waals surface area contributed by atoms with Crippen LogP contribution in [0.25, 0.3) is 10.8 Å². The summed E-state index contributed by atoms with van der Waals surface area (Å²) < 4.78 is 68.5. The first-order valence-corrected chi connectivity index (χ1v) is 16.7. The second-order valence-electron chi connectivity index (χ2n) is 11.7. The molecule has 1 aliphatic carbocycles. The summed E-state index contributed by atoms with van der Waals surface area (Å²) in [7, 11) is -4.53. The van der Waals surface area contributed by atoms with E-state index in [0.717, 1.165) is 31.1 Å². The van der Waals surface area contributed by atoms with Gasteiger partial charge >= 0.3 is 0 Å². The predicted octanol–water partition coefficient (Wildman–Crippen LogP) is 5.84. The van der Waals surface area contributed by atoms with Gasteiger partial charge in [-0.1, -0.05) is 40.2 Å². The van der Waals surface area contributed by atoms with Crippen LogP contribution >= 0.6 is 15.9 Å². The molecule has 3 atom stereocenters. The van der Waals surface area contributed by atoms with E-state index in [0.29, 0.717) is 41.3 Å². The minimum Gasteiger partial charge on any atom is -0.490 e. The maximum atomic E-state index is 16.2. The second kappa shape index (κ2) is 11.5. The Morgan fingerprint density at radius 1 is 0.952 bits per heavy atom. The van der Waals surface area contributed by atoms with Gasteiger partial charge in [0, 0.05) is 28.2 Å². The number of hydrogen-bond acceptors (Lipinski definition) is 5.